The van der Waals surface area contributed by atoms with Gasteiger partial charge in [-0.05, 0) is 33.2 Å². The zero-order valence-corrected chi connectivity index (χ0v) is 9.26. The summed E-state index contributed by atoms with van der Waals surface area (Å²) in [6, 6.07) is -0.213. The first kappa shape index (κ1) is 12.4. The lowest BCUT2D eigenvalue weighted by atomic mass is 10.1. The van der Waals surface area contributed by atoms with Crippen LogP contribution in [0, 0.1) is 5.92 Å². The fourth-order valence-electron chi connectivity index (χ4n) is 1.13. The Bertz CT molecular complexity index is 157. The quantitative estimate of drug-likeness (QED) is 0.664. The highest BCUT2D eigenvalue weighted by Crippen LogP contribution is 2.08. The molecule has 0 saturated heterocycles. The molecule has 0 aromatic rings. The number of hydrogen-bond acceptors (Lipinski definition) is 3. The second kappa shape index (κ2) is 5.97. The van der Waals surface area contributed by atoms with Crippen LogP contribution in [0.3, 0.4) is 0 Å². The van der Waals surface area contributed by atoms with Gasteiger partial charge in [-0.2, -0.15) is 0 Å². The first-order valence-electron chi connectivity index (χ1n) is 4.85. The van der Waals surface area contributed by atoms with Gasteiger partial charge in [0.15, 0.2) is 0 Å². The highest BCUT2D eigenvalue weighted by atomic mass is 16.5. The topological polar surface area (TPSA) is 38.3 Å². The van der Waals surface area contributed by atoms with Crippen molar-refractivity contribution >= 4 is 5.97 Å². The molecule has 0 aliphatic heterocycles. The number of esters is 1. The molecule has 1 N–H and O–H groups in total. The Kier molecular flexibility index (Phi) is 5.71. The predicted molar refractivity (Wildman–Crippen MR) is 53.5 cm³/mol. The van der Waals surface area contributed by atoms with E-state index < -0.39 is 0 Å². The molecule has 1 unspecified atom stereocenters. The number of carbonyl (C=O) groups is 1. The van der Waals surface area contributed by atoms with Crippen LogP contribution in [0.2, 0.25) is 0 Å². The Balaban J connectivity index is 3.77. The number of hydrogen-bond donors (Lipinski definition) is 1. The number of ether oxygens (including phenoxy) is 1. The number of rotatable bonds is 5. The summed E-state index contributed by atoms with van der Waals surface area (Å²) in [7, 11) is 1.75. The Labute approximate surface area is 80.8 Å². The van der Waals surface area contributed by atoms with Crippen molar-refractivity contribution in [2.24, 2.45) is 5.92 Å². The SMILES string of the molecule is CN[C@@H](C)C(=O)OC(C)CC(C)C. The van der Waals surface area contributed by atoms with Gasteiger partial charge in [-0.25, -0.2) is 0 Å². The molecule has 2 atom stereocenters. The molecular weight excluding hydrogens is 166 g/mol. The minimum atomic E-state index is -0.213. The molecule has 0 amide bonds. The Morgan fingerprint density at radius 1 is 1.31 bits per heavy atom. The van der Waals surface area contributed by atoms with E-state index in [0.29, 0.717) is 5.92 Å². The highest BCUT2D eigenvalue weighted by Gasteiger charge is 2.15. The van der Waals surface area contributed by atoms with Gasteiger partial charge in [0.2, 0.25) is 0 Å². The highest BCUT2D eigenvalue weighted by molar-refractivity contribution is 5.75. The largest absolute Gasteiger partial charge is 0.462 e. The van der Waals surface area contributed by atoms with Crippen LogP contribution >= 0.6 is 0 Å². The normalized spacial score (nSPS) is 15.5. The third kappa shape index (κ3) is 5.64. The standard InChI is InChI=1S/C10H21NO2/c1-7(2)6-8(3)13-10(12)9(4)11-5/h7-9,11H,6H2,1-5H3/t8?,9-/m0/s1. The van der Waals surface area contributed by atoms with Crippen LogP contribution in [-0.2, 0) is 9.53 Å². The van der Waals surface area contributed by atoms with Gasteiger partial charge in [0.1, 0.15) is 6.04 Å². The molecule has 0 heterocycles. The zero-order valence-electron chi connectivity index (χ0n) is 9.26. The molecule has 0 aliphatic carbocycles. The minimum absolute atomic E-state index is 0.0169. The first-order valence-corrected chi connectivity index (χ1v) is 4.85. The van der Waals surface area contributed by atoms with Gasteiger partial charge in [-0.1, -0.05) is 13.8 Å². The Morgan fingerprint density at radius 3 is 2.23 bits per heavy atom. The smallest absolute Gasteiger partial charge is 0.323 e. The molecule has 3 heteroatoms. The average Bonchev–Trinajstić information content (AvgIpc) is 2.01. The lowest BCUT2D eigenvalue weighted by molar-refractivity contribution is -0.150. The van der Waals surface area contributed by atoms with Crippen molar-refractivity contribution < 1.29 is 9.53 Å². The van der Waals surface area contributed by atoms with E-state index in [-0.39, 0.29) is 18.1 Å². The van der Waals surface area contributed by atoms with E-state index in [1.165, 1.54) is 0 Å². The van der Waals surface area contributed by atoms with Crippen LogP contribution in [0.4, 0.5) is 0 Å². The van der Waals surface area contributed by atoms with Gasteiger partial charge in [-0.15, -0.1) is 0 Å². The molecule has 0 rings (SSSR count). The molecule has 0 aromatic heterocycles. The number of nitrogens with one attached hydrogen (secondary N) is 1. The van der Waals surface area contributed by atoms with Crippen molar-refractivity contribution in [3.05, 3.63) is 0 Å². The second-order valence-electron chi connectivity index (χ2n) is 3.89. The Hall–Kier alpha value is -0.570. The van der Waals surface area contributed by atoms with Crippen LogP contribution < -0.4 is 5.32 Å². The van der Waals surface area contributed by atoms with E-state index in [1.807, 2.05) is 6.92 Å². The van der Waals surface area contributed by atoms with E-state index >= 15 is 0 Å². The van der Waals surface area contributed by atoms with Crippen LogP contribution in [0.5, 0.6) is 0 Å². The van der Waals surface area contributed by atoms with Gasteiger partial charge >= 0.3 is 5.97 Å². The fraction of sp³-hybridized carbons (Fsp3) is 0.900. The van der Waals surface area contributed by atoms with Crippen molar-refractivity contribution in [2.45, 2.75) is 46.3 Å². The van der Waals surface area contributed by atoms with E-state index in [0.717, 1.165) is 6.42 Å². The lowest BCUT2D eigenvalue weighted by Crippen LogP contribution is -2.34. The molecule has 0 saturated carbocycles. The van der Waals surface area contributed by atoms with E-state index in [9.17, 15) is 4.79 Å². The van der Waals surface area contributed by atoms with Crippen molar-refractivity contribution in [3.8, 4) is 0 Å². The van der Waals surface area contributed by atoms with E-state index in [2.05, 4.69) is 19.2 Å². The summed E-state index contributed by atoms with van der Waals surface area (Å²) < 4.78 is 5.21. The molecule has 0 aromatic carbocycles. The van der Waals surface area contributed by atoms with Gasteiger partial charge in [0, 0.05) is 0 Å². The van der Waals surface area contributed by atoms with Crippen molar-refractivity contribution in [1.82, 2.24) is 5.32 Å². The minimum Gasteiger partial charge on any atom is -0.462 e. The molecule has 0 bridgehead atoms. The first-order chi connectivity index (χ1) is 5.97. The molecule has 0 spiro atoms. The summed E-state index contributed by atoms with van der Waals surface area (Å²) in [6.07, 6.45) is 0.936. The van der Waals surface area contributed by atoms with Crippen molar-refractivity contribution in [3.63, 3.8) is 0 Å². The maximum Gasteiger partial charge on any atom is 0.323 e. The average molecular weight is 187 g/mol. The van der Waals surface area contributed by atoms with Crippen molar-refractivity contribution in [1.29, 1.82) is 0 Å². The van der Waals surface area contributed by atoms with Gasteiger partial charge in [0.05, 0.1) is 6.10 Å². The molecule has 13 heavy (non-hydrogen) atoms. The summed E-state index contributed by atoms with van der Waals surface area (Å²) in [5.74, 6) is 0.392. The maximum atomic E-state index is 11.3. The van der Waals surface area contributed by atoms with Crippen LogP contribution in [0.1, 0.15) is 34.1 Å². The molecule has 78 valence electrons. The molecule has 0 radical (unpaired) electrons. The van der Waals surface area contributed by atoms with Crippen LogP contribution in [0.15, 0.2) is 0 Å². The number of carbonyl (C=O) groups excluding carboxylic acids is 1. The molecule has 0 aliphatic rings. The van der Waals surface area contributed by atoms with Crippen molar-refractivity contribution in [2.75, 3.05) is 7.05 Å². The zero-order chi connectivity index (χ0) is 10.4. The van der Waals surface area contributed by atoms with Gasteiger partial charge < -0.3 is 10.1 Å². The summed E-state index contributed by atoms with van der Waals surface area (Å²) in [5, 5.41) is 2.85. The summed E-state index contributed by atoms with van der Waals surface area (Å²) in [6.45, 7) is 7.96. The lowest BCUT2D eigenvalue weighted by Gasteiger charge is -2.17. The van der Waals surface area contributed by atoms with Gasteiger partial charge in [0.25, 0.3) is 0 Å². The van der Waals surface area contributed by atoms with Gasteiger partial charge in [-0.3, -0.25) is 4.79 Å². The summed E-state index contributed by atoms with van der Waals surface area (Å²) >= 11 is 0. The molecule has 0 fully saturated rings. The maximum absolute atomic E-state index is 11.3. The molecule has 3 nitrogen and oxygen atoms in total. The third-order valence-electron chi connectivity index (χ3n) is 1.91. The predicted octanol–water partition coefficient (Wildman–Crippen LogP) is 1.57. The monoisotopic (exact) mass is 187 g/mol. The van der Waals surface area contributed by atoms with Crippen LogP contribution in [0.25, 0.3) is 0 Å². The van der Waals surface area contributed by atoms with E-state index in [1.54, 1.807) is 14.0 Å². The number of likely N-dealkylation sites (N-methyl/N-ethyl adjacent to an activating group) is 1. The molecular formula is C10H21NO2. The fourth-order valence-corrected chi connectivity index (χ4v) is 1.13. The third-order valence-corrected chi connectivity index (χ3v) is 1.91. The summed E-state index contributed by atoms with van der Waals surface area (Å²) in [4.78, 5) is 11.3. The second-order valence-corrected chi connectivity index (χ2v) is 3.89. The Morgan fingerprint density at radius 2 is 1.85 bits per heavy atom. The van der Waals surface area contributed by atoms with Crippen LogP contribution in [-0.4, -0.2) is 25.2 Å². The summed E-state index contributed by atoms with van der Waals surface area (Å²) in [5.41, 5.74) is 0. The van der Waals surface area contributed by atoms with E-state index in [4.69, 9.17) is 4.74 Å².